The van der Waals surface area contributed by atoms with E-state index in [2.05, 4.69) is 9.72 Å². The van der Waals surface area contributed by atoms with Crippen molar-refractivity contribution < 1.29 is 9.53 Å². The Morgan fingerprint density at radius 3 is 3.00 bits per heavy atom. The van der Waals surface area contributed by atoms with Gasteiger partial charge in [-0.2, -0.15) is 0 Å². The van der Waals surface area contributed by atoms with Gasteiger partial charge in [-0.05, 0) is 25.5 Å². The molecule has 0 bridgehead atoms. The van der Waals surface area contributed by atoms with Crippen LogP contribution in [0.15, 0.2) is 18.3 Å². The molecule has 3 nitrogen and oxygen atoms in total. The molecule has 0 aliphatic heterocycles. The normalized spacial score (nSPS) is 12.2. The van der Waals surface area contributed by atoms with Crippen LogP contribution in [0.2, 0.25) is 0 Å². The van der Waals surface area contributed by atoms with Crippen LogP contribution < -0.4 is 0 Å². The lowest BCUT2D eigenvalue weighted by Gasteiger charge is -2.09. The zero-order valence-corrected chi connectivity index (χ0v) is 10.0. The fourth-order valence-corrected chi connectivity index (χ4v) is 2.05. The number of hydrogen-bond donors (Lipinski definition) is 0. The molecule has 1 rings (SSSR count). The van der Waals surface area contributed by atoms with Gasteiger partial charge < -0.3 is 4.74 Å². The van der Waals surface area contributed by atoms with Crippen molar-refractivity contribution in [3.05, 3.63) is 29.6 Å². The van der Waals surface area contributed by atoms with Crippen LogP contribution in [0.4, 0.5) is 0 Å². The lowest BCUT2D eigenvalue weighted by atomic mass is 10.2. The number of carbonyl (C=O) groups is 1. The highest BCUT2D eigenvalue weighted by Gasteiger charge is 2.13. The van der Waals surface area contributed by atoms with Gasteiger partial charge in [0.25, 0.3) is 0 Å². The van der Waals surface area contributed by atoms with Crippen molar-refractivity contribution in [3.63, 3.8) is 0 Å². The van der Waals surface area contributed by atoms with Gasteiger partial charge in [-0.15, -0.1) is 11.8 Å². The summed E-state index contributed by atoms with van der Waals surface area (Å²) in [4.78, 5) is 15.4. The second-order valence-corrected chi connectivity index (χ2v) is 4.57. The molecular formula is C11H15NO2S. The number of nitrogens with zero attached hydrogens (tertiary/aromatic N) is 1. The van der Waals surface area contributed by atoms with Crippen molar-refractivity contribution in [1.29, 1.82) is 0 Å². The Kier molecular flexibility index (Phi) is 4.62. The number of ether oxygens (including phenoxy) is 1. The van der Waals surface area contributed by atoms with E-state index in [1.807, 2.05) is 26.0 Å². The lowest BCUT2D eigenvalue weighted by Crippen LogP contribution is -2.15. The van der Waals surface area contributed by atoms with E-state index in [1.165, 1.54) is 18.9 Å². The van der Waals surface area contributed by atoms with E-state index < -0.39 is 0 Å². The van der Waals surface area contributed by atoms with Gasteiger partial charge in [0.15, 0.2) is 0 Å². The summed E-state index contributed by atoms with van der Waals surface area (Å²) in [5.74, 6) is 0.553. The van der Waals surface area contributed by atoms with Gasteiger partial charge in [0, 0.05) is 11.9 Å². The number of methoxy groups -OCH3 is 1. The van der Waals surface area contributed by atoms with E-state index in [1.54, 1.807) is 6.20 Å². The van der Waals surface area contributed by atoms with Crippen LogP contribution in [0.1, 0.15) is 18.2 Å². The Hall–Kier alpha value is -1.03. The van der Waals surface area contributed by atoms with Gasteiger partial charge in [0.05, 0.1) is 18.1 Å². The molecule has 0 radical (unpaired) electrons. The van der Waals surface area contributed by atoms with E-state index in [4.69, 9.17) is 0 Å². The fraction of sp³-hybridized carbons (Fsp3) is 0.455. The first-order valence-corrected chi connectivity index (χ1v) is 5.80. The second kappa shape index (κ2) is 5.75. The highest BCUT2D eigenvalue weighted by Crippen LogP contribution is 2.18. The molecule has 0 aliphatic rings. The molecule has 0 fully saturated rings. The summed E-state index contributed by atoms with van der Waals surface area (Å²) in [6, 6.07) is 3.93. The second-order valence-electron chi connectivity index (χ2n) is 3.24. The average Bonchev–Trinajstić information content (AvgIpc) is 2.26. The van der Waals surface area contributed by atoms with Crippen molar-refractivity contribution in [2.24, 2.45) is 0 Å². The van der Waals surface area contributed by atoms with Gasteiger partial charge in [-0.1, -0.05) is 6.07 Å². The van der Waals surface area contributed by atoms with Crippen molar-refractivity contribution >= 4 is 17.7 Å². The predicted molar refractivity (Wildman–Crippen MR) is 61.7 cm³/mol. The van der Waals surface area contributed by atoms with Crippen LogP contribution in [-0.2, 0) is 15.3 Å². The molecule has 1 heterocycles. The van der Waals surface area contributed by atoms with Crippen molar-refractivity contribution in [1.82, 2.24) is 4.98 Å². The first kappa shape index (κ1) is 12.0. The number of rotatable bonds is 4. The molecule has 0 aromatic carbocycles. The largest absolute Gasteiger partial charge is 0.468 e. The number of esters is 1. The summed E-state index contributed by atoms with van der Waals surface area (Å²) < 4.78 is 4.65. The zero-order valence-electron chi connectivity index (χ0n) is 9.19. The van der Waals surface area contributed by atoms with Gasteiger partial charge in [-0.25, -0.2) is 0 Å². The van der Waals surface area contributed by atoms with E-state index in [0.717, 1.165) is 17.0 Å². The molecule has 1 aromatic heterocycles. The number of hydrogen-bond acceptors (Lipinski definition) is 4. The van der Waals surface area contributed by atoms with E-state index in [-0.39, 0.29) is 11.2 Å². The van der Waals surface area contributed by atoms with Crippen LogP contribution in [0.25, 0.3) is 0 Å². The molecular weight excluding hydrogens is 210 g/mol. The van der Waals surface area contributed by atoms with E-state index in [9.17, 15) is 4.79 Å². The van der Waals surface area contributed by atoms with Crippen LogP contribution in [0.5, 0.6) is 0 Å². The molecule has 0 spiro atoms. The summed E-state index contributed by atoms with van der Waals surface area (Å²) in [7, 11) is 1.41. The zero-order chi connectivity index (χ0) is 11.3. The van der Waals surface area contributed by atoms with Crippen molar-refractivity contribution in [2.45, 2.75) is 24.9 Å². The SMILES string of the molecule is COC(=O)[C@H](C)SCc1ncccc1C. The number of carbonyl (C=O) groups excluding carboxylic acids is 1. The Labute approximate surface area is 94.2 Å². The molecule has 1 atom stereocenters. The highest BCUT2D eigenvalue weighted by molar-refractivity contribution is 7.99. The fourth-order valence-electron chi connectivity index (χ4n) is 1.11. The molecule has 82 valence electrons. The summed E-state index contributed by atoms with van der Waals surface area (Å²) in [6.45, 7) is 3.86. The van der Waals surface area contributed by atoms with E-state index >= 15 is 0 Å². The Morgan fingerprint density at radius 2 is 2.40 bits per heavy atom. The van der Waals surface area contributed by atoms with Crippen molar-refractivity contribution in [3.8, 4) is 0 Å². The third kappa shape index (κ3) is 3.55. The number of aryl methyl sites for hydroxylation is 1. The van der Waals surface area contributed by atoms with Crippen LogP contribution >= 0.6 is 11.8 Å². The molecule has 15 heavy (non-hydrogen) atoms. The highest BCUT2D eigenvalue weighted by atomic mass is 32.2. The topological polar surface area (TPSA) is 39.2 Å². The molecule has 4 heteroatoms. The number of pyridine rings is 1. The average molecular weight is 225 g/mol. The van der Waals surface area contributed by atoms with Gasteiger partial charge in [0.2, 0.25) is 0 Å². The molecule has 0 saturated carbocycles. The lowest BCUT2D eigenvalue weighted by molar-refractivity contribution is -0.139. The smallest absolute Gasteiger partial charge is 0.318 e. The minimum absolute atomic E-state index is 0.142. The maximum Gasteiger partial charge on any atom is 0.318 e. The van der Waals surface area contributed by atoms with Gasteiger partial charge in [-0.3, -0.25) is 9.78 Å². The molecule has 0 unspecified atom stereocenters. The van der Waals surface area contributed by atoms with Crippen molar-refractivity contribution in [2.75, 3.05) is 7.11 Å². The Bertz CT molecular complexity index is 341. The maximum atomic E-state index is 11.2. The number of thioether (sulfide) groups is 1. The van der Waals surface area contributed by atoms with Crippen LogP contribution in [0, 0.1) is 6.92 Å². The summed E-state index contributed by atoms with van der Waals surface area (Å²) in [5, 5.41) is -0.142. The standard InChI is InChI=1S/C11H15NO2S/c1-8-5-4-6-12-10(8)7-15-9(2)11(13)14-3/h4-6,9H,7H2,1-3H3/t9-/m0/s1. The first-order chi connectivity index (χ1) is 7.15. The molecule has 0 amide bonds. The van der Waals surface area contributed by atoms with Gasteiger partial charge in [0.1, 0.15) is 0 Å². The molecule has 0 aliphatic carbocycles. The quantitative estimate of drug-likeness (QED) is 0.736. The Morgan fingerprint density at radius 1 is 1.67 bits per heavy atom. The summed E-state index contributed by atoms with van der Waals surface area (Å²) in [5.41, 5.74) is 2.18. The number of aromatic nitrogens is 1. The van der Waals surface area contributed by atoms with Crippen LogP contribution in [-0.4, -0.2) is 23.3 Å². The van der Waals surface area contributed by atoms with Gasteiger partial charge >= 0.3 is 5.97 Å². The van der Waals surface area contributed by atoms with E-state index in [0.29, 0.717) is 0 Å². The summed E-state index contributed by atoms with van der Waals surface area (Å²) in [6.07, 6.45) is 1.77. The summed E-state index contributed by atoms with van der Waals surface area (Å²) >= 11 is 1.54. The van der Waals surface area contributed by atoms with Crippen LogP contribution in [0.3, 0.4) is 0 Å². The first-order valence-electron chi connectivity index (χ1n) is 4.75. The molecule has 0 saturated heterocycles. The molecule has 0 N–H and O–H groups in total. The third-order valence-electron chi connectivity index (χ3n) is 2.12. The molecule has 1 aromatic rings. The Balaban J connectivity index is 2.50. The minimum atomic E-state index is -0.186. The predicted octanol–water partition coefficient (Wildman–Crippen LogP) is 2.18. The third-order valence-corrected chi connectivity index (χ3v) is 3.25. The minimum Gasteiger partial charge on any atom is -0.468 e. The monoisotopic (exact) mass is 225 g/mol. The maximum absolute atomic E-state index is 11.2.